The number of para-hydroxylation sites is 2. The van der Waals surface area contributed by atoms with E-state index in [9.17, 15) is 14.4 Å². The van der Waals surface area contributed by atoms with E-state index >= 15 is 0 Å². The largest absolute Gasteiger partial charge is 0.460 e. The van der Waals surface area contributed by atoms with Gasteiger partial charge in [0.2, 0.25) is 0 Å². The van der Waals surface area contributed by atoms with Crippen molar-refractivity contribution in [3.05, 3.63) is 34.7 Å². The number of ether oxygens (including phenoxy) is 1. The van der Waals surface area contributed by atoms with Crippen LogP contribution in [0.2, 0.25) is 0 Å². The Morgan fingerprint density at radius 2 is 1.61 bits per heavy atom. The van der Waals surface area contributed by atoms with Gasteiger partial charge in [-0.2, -0.15) is 0 Å². The minimum absolute atomic E-state index is 0.0262. The maximum Gasteiger partial charge on any atom is 0.337 e. The van der Waals surface area contributed by atoms with Crippen molar-refractivity contribution in [2.24, 2.45) is 11.8 Å². The monoisotopic (exact) mass is 498 g/mol. The zero-order valence-electron chi connectivity index (χ0n) is 22.5. The van der Waals surface area contributed by atoms with Crippen LogP contribution in [0.4, 0.5) is 4.79 Å². The summed E-state index contributed by atoms with van der Waals surface area (Å²) >= 11 is 0. The molecule has 36 heavy (non-hydrogen) atoms. The van der Waals surface area contributed by atoms with Crippen molar-refractivity contribution in [1.29, 1.82) is 0 Å². The minimum atomic E-state index is -0.426. The number of hydrogen-bond acceptors (Lipinski definition) is 5. The fourth-order valence-corrected chi connectivity index (χ4v) is 5.76. The van der Waals surface area contributed by atoms with Gasteiger partial charge in [0.1, 0.15) is 5.60 Å². The highest BCUT2D eigenvalue weighted by Gasteiger charge is 2.33. The van der Waals surface area contributed by atoms with E-state index in [1.54, 1.807) is 4.57 Å². The zero-order valence-corrected chi connectivity index (χ0v) is 22.5. The van der Waals surface area contributed by atoms with Gasteiger partial charge in [-0.15, -0.1) is 0 Å². The first-order valence-corrected chi connectivity index (χ1v) is 13.5. The molecule has 0 spiro atoms. The van der Waals surface area contributed by atoms with Crippen LogP contribution in [-0.4, -0.2) is 57.3 Å². The normalized spacial score (nSPS) is 22.2. The maximum absolute atomic E-state index is 13.0. The second-order valence-electron chi connectivity index (χ2n) is 11.8. The quantitative estimate of drug-likeness (QED) is 0.611. The minimum Gasteiger partial charge on any atom is -0.460 e. The average molecular weight is 499 g/mol. The highest BCUT2D eigenvalue weighted by Crippen LogP contribution is 2.31. The lowest BCUT2D eigenvalue weighted by atomic mass is 9.84. The Labute approximate surface area is 214 Å². The molecule has 2 fully saturated rings. The predicted octanol–water partition coefficient (Wildman–Crippen LogP) is 4.55. The fraction of sp³-hybridized carbons (Fsp3) is 0.679. The molecule has 1 aromatic heterocycles. The number of amides is 1. The molecule has 2 aliphatic rings. The molecule has 0 atom stereocenters. The van der Waals surface area contributed by atoms with Gasteiger partial charge >= 0.3 is 17.7 Å². The van der Waals surface area contributed by atoms with E-state index in [-0.39, 0.29) is 29.6 Å². The molecule has 1 N–H and O–H groups in total. The van der Waals surface area contributed by atoms with Crippen molar-refractivity contribution in [2.75, 3.05) is 19.6 Å². The summed E-state index contributed by atoms with van der Waals surface area (Å²) in [6, 6.07) is 7.61. The lowest BCUT2D eigenvalue weighted by Crippen LogP contribution is -2.46. The zero-order chi connectivity index (χ0) is 26.0. The first-order chi connectivity index (χ1) is 17.0. The lowest BCUT2D eigenvalue weighted by molar-refractivity contribution is -0.161. The number of nitrogens with one attached hydrogen (secondary N) is 1. The van der Waals surface area contributed by atoms with Gasteiger partial charge in [-0.05, 0) is 104 Å². The van der Waals surface area contributed by atoms with E-state index in [4.69, 9.17) is 4.74 Å². The van der Waals surface area contributed by atoms with Crippen molar-refractivity contribution in [1.82, 2.24) is 19.4 Å². The van der Waals surface area contributed by atoms with Gasteiger partial charge in [-0.3, -0.25) is 9.36 Å². The molecule has 8 nitrogen and oxygen atoms in total. The standard InChI is InChI=1S/C28H42N4O4/c1-19(2)31-23-8-6-7-9-24(23)32(27(31)35)26(34)29-18-20-14-16-30(17-15-20)22-12-10-21(11-13-22)25(33)36-28(3,4)5/h6-9,19-22H,10-18H2,1-5H3,(H,29,34). The second kappa shape index (κ2) is 10.8. The summed E-state index contributed by atoms with van der Waals surface area (Å²) in [5.41, 5.74) is 0.707. The van der Waals surface area contributed by atoms with Crippen LogP contribution in [0, 0.1) is 11.8 Å². The molecule has 198 valence electrons. The van der Waals surface area contributed by atoms with Gasteiger partial charge < -0.3 is 15.0 Å². The van der Waals surface area contributed by atoms with Crippen LogP contribution in [0.5, 0.6) is 0 Å². The Kier molecular flexibility index (Phi) is 7.93. The molecule has 1 amide bonds. The number of esters is 1. The molecule has 1 aliphatic heterocycles. The molecule has 0 unspecified atom stereocenters. The molecule has 1 saturated carbocycles. The van der Waals surface area contributed by atoms with Crippen LogP contribution in [0.1, 0.15) is 79.2 Å². The van der Waals surface area contributed by atoms with Gasteiger partial charge in [0.25, 0.3) is 0 Å². The first kappa shape index (κ1) is 26.5. The number of piperidine rings is 1. The third-order valence-electron chi connectivity index (χ3n) is 7.64. The Balaban J connectivity index is 1.26. The first-order valence-electron chi connectivity index (χ1n) is 13.5. The molecule has 2 aromatic rings. The summed E-state index contributed by atoms with van der Waals surface area (Å²) in [5, 5.41) is 3.03. The Morgan fingerprint density at radius 1 is 1.00 bits per heavy atom. The molecular weight excluding hydrogens is 456 g/mol. The van der Waals surface area contributed by atoms with Crippen molar-refractivity contribution in [3.63, 3.8) is 0 Å². The van der Waals surface area contributed by atoms with Crippen LogP contribution >= 0.6 is 0 Å². The van der Waals surface area contributed by atoms with Gasteiger partial charge in [-0.25, -0.2) is 14.2 Å². The summed E-state index contributed by atoms with van der Waals surface area (Å²) in [4.78, 5) is 41.0. The molecule has 0 radical (unpaired) electrons. The number of imidazole rings is 1. The molecular formula is C28H42N4O4. The highest BCUT2D eigenvalue weighted by atomic mass is 16.6. The van der Waals surface area contributed by atoms with Gasteiger partial charge in [-0.1, -0.05) is 12.1 Å². The van der Waals surface area contributed by atoms with Crippen molar-refractivity contribution < 1.29 is 14.3 Å². The van der Waals surface area contributed by atoms with Gasteiger partial charge in [0, 0.05) is 18.6 Å². The summed E-state index contributed by atoms with van der Waals surface area (Å²) in [6.07, 6.45) is 5.91. The fourth-order valence-electron chi connectivity index (χ4n) is 5.76. The maximum atomic E-state index is 13.0. The summed E-state index contributed by atoms with van der Waals surface area (Å²) < 4.78 is 8.53. The number of hydrogen-bond donors (Lipinski definition) is 1. The molecule has 2 heterocycles. The Bertz CT molecular complexity index is 1130. The molecule has 0 bridgehead atoms. The van der Waals surface area contributed by atoms with Crippen molar-refractivity contribution in [2.45, 2.75) is 90.8 Å². The van der Waals surface area contributed by atoms with E-state index in [0.717, 1.165) is 57.1 Å². The number of nitrogens with zero attached hydrogens (tertiary/aromatic N) is 3. The number of carbonyl (C=O) groups is 2. The van der Waals surface area contributed by atoms with E-state index in [1.807, 2.05) is 58.9 Å². The summed E-state index contributed by atoms with van der Waals surface area (Å²) in [7, 11) is 0. The molecule has 1 aromatic carbocycles. The van der Waals surface area contributed by atoms with Crippen LogP contribution in [-0.2, 0) is 9.53 Å². The van der Waals surface area contributed by atoms with E-state index in [2.05, 4.69) is 10.2 Å². The van der Waals surface area contributed by atoms with E-state index in [1.165, 1.54) is 4.57 Å². The van der Waals surface area contributed by atoms with Crippen LogP contribution in [0.25, 0.3) is 11.0 Å². The summed E-state index contributed by atoms with van der Waals surface area (Å²) in [6.45, 7) is 12.3. The third-order valence-corrected chi connectivity index (χ3v) is 7.64. The Morgan fingerprint density at radius 3 is 2.19 bits per heavy atom. The lowest BCUT2D eigenvalue weighted by Gasteiger charge is -2.40. The number of benzene rings is 1. The SMILES string of the molecule is CC(C)n1c(=O)n(C(=O)NCC2CCN(C3CCC(C(=O)OC(C)(C)C)CC3)CC2)c2ccccc21. The van der Waals surface area contributed by atoms with E-state index in [0.29, 0.717) is 24.0 Å². The molecule has 4 rings (SSSR count). The molecule has 8 heteroatoms. The highest BCUT2D eigenvalue weighted by molar-refractivity contribution is 5.89. The van der Waals surface area contributed by atoms with Gasteiger partial charge in [0.05, 0.1) is 17.0 Å². The number of aromatic nitrogens is 2. The van der Waals surface area contributed by atoms with E-state index < -0.39 is 5.60 Å². The predicted molar refractivity (Wildman–Crippen MR) is 141 cm³/mol. The number of carbonyl (C=O) groups excluding carboxylic acids is 2. The Hall–Kier alpha value is -2.61. The third kappa shape index (κ3) is 5.85. The smallest absolute Gasteiger partial charge is 0.337 e. The number of likely N-dealkylation sites (tertiary alicyclic amines) is 1. The van der Waals surface area contributed by atoms with Crippen molar-refractivity contribution in [3.8, 4) is 0 Å². The molecule has 1 aliphatic carbocycles. The van der Waals surface area contributed by atoms with Gasteiger partial charge in [0.15, 0.2) is 0 Å². The summed E-state index contributed by atoms with van der Waals surface area (Å²) in [5.74, 6) is 0.377. The van der Waals surface area contributed by atoms with Crippen molar-refractivity contribution >= 4 is 23.0 Å². The average Bonchev–Trinajstić information content (AvgIpc) is 3.14. The molecule has 1 saturated heterocycles. The number of fused-ring (bicyclic) bond motifs is 1. The topological polar surface area (TPSA) is 85.6 Å². The second-order valence-corrected chi connectivity index (χ2v) is 11.8. The van der Waals surface area contributed by atoms with Crippen LogP contribution in [0.15, 0.2) is 29.1 Å². The van der Waals surface area contributed by atoms with Crippen LogP contribution in [0.3, 0.4) is 0 Å². The number of rotatable bonds is 5. The van der Waals surface area contributed by atoms with Crippen LogP contribution < -0.4 is 11.0 Å².